The van der Waals surface area contributed by atoms with E-state index < -0.39 is 11.9 Å². The first kappa shape index (κ1) is 12.9. The predicted octanol–water partition coefficient (Wildman–Crippen LogP) is -0.805. The highest BCUT2D eigenvalue weighted by molar-refractivity contribution is 5.73. The van der Waals surface area contributed by atoms with Gasteiger partial charge in [0.05, 0.1) is 6.54 Å². The summed E-state index contributed by atoms with van der Waals surface area (Å²) in [6.45, 7) is 0.650. The van der Waals surface area contributed by atoms with Gasteiger partial charge >= 0.3 is 11.9 Å². The van der Waals surface area contributed by atoms with Gasteiger partial charge in [-0.15, -0.1) is 0 Å². The van der Waals surface area contributed by atoms with Crippen LogP contribution in [0.1, 0.15) is 12.8 Å². The van der Waals surface area contributed by atoms with Crippen LogP contribution in [0.2, 0.25) is 0 Å². The molecule has 82 valence electrons. The first-order chi connectivity index (χ1) is 6.49. The van der Waals surface area contributed by atoms with Crippen molar-refractivity contribution in [2.24, 2.45) is 5.73 Å². The zero-order chi connectivity index (χ0) is 11.1. The van der Waals surface area contributed by atoms with Gasteiger partial charge in [0, 0.05) is 0 Å². The second-order valence-corrected chi connectivity index (χ2v) is 3.07. The van der Waals surface area contributed by atoms with Crippen LogP contribution in [0.5, 0.6) is 0 Å². The minimum atomic E-state index is -0.968. The summed E-state index contributed by atoms with van der Waals surface area (Å²) in [7, 11) is 1.85. The Kier molecular flexibility index (Phi) is 5.82. The van der Waals surface area contributed by atoms with Crippen molar-refractivity contribution in [1.82, 2.24) is 4.90 Å². The number of likely N-dealkylation sites (N-methyl/N-ethyl adjacent to an activating group) is 1. The van der Waals surface area contributed by atoms with Crippen molar-refractivity contribution < 1.29 is 19.8 Å². The van der Waals surface area contributed by atoms with Crippen LogP contribution in [0.3, 0.4) is 0 Å². The third-order valence-electron chi connectivity index (χ3n) is 1.98. The number of carboxylic acid groups (broad SMARTS) is 2. The quantitative estimate of drug-likeness (QED) is 0.543. The summed E-state index contributed by atoms with van der Waals surface area (Å²) in [5.41, 5.74) is 4.57. The lowest BCUT2D eigenvalue weighted by Gasteiger charge is -2.13. The topological polar surface area (TPSA) is 104 Å². The van der Waals surface area contributed by atoms with Crippen LogP contribution in [-0.4, -0.2) is 53.2 Å². The van der Waals surface area contributed by atoms with E-state index in [1.165, 1.54) is 0 Å². The molecule has 1 atom stereocenters. The molecular formula is C8H16N2O4. The number of hydrogen-bond acceptors (Lipinski definition) is 4. The second-order valence-electron chi connectivity index (χ2n) is 3.07. The molecule has 6 nitrogen and oxygen atoms in total. The Morgan fingerprint density at radius 3 is 2.14 bits per heavy atom. The Bertz CT molecular complexity index is 208. The highest BCUT2D eigenvalue weighted by Crippen LogP contribution is 2.13. The Morgan fingerprint density at radius 2 is 2.00 bits per heavy atom. The maximum Gasteiger partial charge on any atom is 0.320 e. The lowest BCUT2D eigenvalue weighted by Crippen LogP contribution is -2.32. The molecule has 0 unspecified atom stereocenters. The Labute approximate surface area is 82.3 Å². The van der Waals surface area contributed by atoms with Crippen LogP contribution in [0.15, 0.2) is 0 Å². The fraction of sp³-hybridized carbons (Fsp3) is 0.750. The van der Waals surface area contributed by atoms with E-state index in [9.17, 15) is 9.59 Å². The van der Waals surface area contributed by atoms with Crippen LogP contribution in [-0.2, 0) is 9.59 Å². The maximum atomic E-state index is 10.4. The molecule has 0 amide bonds. The molecule has 6 heteroatoms. The van der Waals surface area contributed by atoms with Gasteiger partial charge in [0.1, 0.15) is 6.04 Å². The fourth-order valence-electron chi connectivity index (χ4n) is 1.22. The lowest BCUT2D eigenvalue weighted by molar-refractivity contribution is -0.141. The largest absolute Gasteiger partial charge is 0.480 e. The van der Waals surface area contributed by atoms with Crippen molar-refractivity contribution >= 4 is 11.9 Å². The molecule has 0 aromatic rings. The Hall–Kier alpha value is -1.14. The van der Waals surface area contributed by atoms with Crippen molar-refractivity contribution in [2.75, 3.05) is 20.1 Å². The van der Waals surface area contributed by atoms with E-state index in [0.29, 0.717) is 0 Å². The van der Waals surface area contributed by atoms with Crippen LogP contribution in [0, 0.1) is 0 Å². The van der Waals surface area contributed by atoms with Crippen LogP contribution >= 0.6 is 0 Å². The SMILES string of the molecule is CN1CCC[C@H]1C(=O)O.NCC(=O)O. The van der Waals surface area contributed by atoms with Gasteiger partial charge in [-0.05, 0) is 26.4 Å². The number of hydrogen-bond donors (Lipinski definition) is 3. The van der Waals surface area contributed by atoms with Gasteiger partial charge < -0.3 is 15.9 Å². The number of carbonyl (C=O) groups is 2. The third-order valence-corrected chi connectivity index (χ3v) is 1.98. The van der Waals surface area contributed by atoms with E-state index in [-0.39, 0.29) is 12.6 Å². The summed E-state index contributed by atoms with van der Waals surface area (Å²) in [5.74, 6) is -1.65. The van der Waals surface area contributed by atoms with Gasteiger partial charge in [0.2, 0.25) is 0 Å². The van der Waals surface area contributed by atoms with E-state index in [0.717, 1.165) is 19.4 Å². The van der Waals surface area contributed by atoms with E-state index in [2.05, 4.69) is 5.73 Å². The molecule has 0 bridgehead atoms. The standard InChI is InChI=1S/C6H11NO2.C2H5NO2/c1-7-4-2-3-5(7)6(8)9;3-1-2(4)5/h5H,2-4H2,1H3,(H,8,9);1,3H2,(H,4,5)/t5-;/m0./s1. The first-order valence-corrected chi connectivity index (χ1v) is 4.34. The summed E-state index contributed by atoms with van der Waals surface area (Å²) in [6, 6.07) is -0.218. The predicted molar refractivity (Wildman–Crippen MR) is 50.0 cm³/mol. The van der Waals surface area contributed by atoms with Crippen molar-refractivity contribution in [1.29, 1.82) is 0 Å². The van der Waals surface area contributed by atoms with E-state index in [1.54, 1.807) is 0 Å². The summed E-state index contributed by atoms with van der Waals surface area (Å²) in [4.78, 5) is 21.5. The summed E-state index contributed by atoms with van der Waals surface area (Å²) in [5, 5.41) is 16.1. The molecular weight excluding hydrogens is 188 g/mol. The number of nitrogens with zero attached hydrogens (tertiary/aromatic N) is 1. The summed E-state index contributed by atoms with van der Waals surface area (Å²) < 4.78 is 0. The average molecular weight is 204 g/mol. The van der Waals surface area contributed by atoms with Gasteiger partial charge in [0.25, 0.3) is 0 Å². The summed E-state index contributed by atoms with van der Waals surface area (Å²) >= 11 is 0. The molecule has 4 N–H and O–H groups in total. The number of likely N-dealkylation sites (tertiary alicyclic amines) is 1. The zero-order valence-electron chi connectivity index (χ0n) is 8.14. The maximum absolute atomic E-state index is 10.4. The highest BCUT2D eigenvalue weighted by atomic mass is 16.4. The van der Waals surface area contributed by atoms with Crippen molar-refractivity contribution in [3.63, 3.8) is 0 Å². The normalized spacial score (nSPS) is 21.1. The Morgan fingerprint density at radius 1 is 1.50 bits per heavy atom. The summed E-state index contributed by atoms with van der Waals surface area (Å²) in [6.07, 6.45) is 1.83. The molecule has 1 fully saturated rings. The molecule has 0 radical (unpaired) electrons. The van der Waals surface area contributed by atoms with Crippen LogP contribution in [0.25, 0.3) is 0 Å². The molecule has 0 spiro atoms. The van der Waals surface area contributed by atoms with Gasteiger partial charge in [-0.2, -0.15) is 0 Å². The lowest BCUT2D eigenvalue weighted by atomic mass is 10.2. The minimum absolute atomic E-state index is 0.218. The van der Waals surface area contributed by atoms with Gasteiger partial charge in [0.15, 0.2) is 0 Å². The van der Waals surface area contributed by atoms with Gasteiger partial charge in [-0.1, -0.05) is 0 Å². The van der Waals surface area contributed by atoms with E-state index in [4.69, 9.17) is 10.2 Å². The zero-order valence-corrected chi connectivity index (χ0v) is 8.14. The molecule has 1 aliphatic heterocycles. The van der Waals surface area contributed by atoms with Crippen molar-refractivity contribution in [3.8, 4) is 0 Å². The molecule has 0 aromatic heterocycles. The molecule has 1 heterocycles. The molecule has 0 saturated carbocycles. The molecule has 0 aliphatic carbocycles. The smallest absolute Gasteiger partial charge is 0.320 e. The number of nitrogens with two attached hydrogens (primary N) is 1. The second kappa shape index (κ2) is 6.33. The number of aliphatic carboxylic acids is 2. The van der Waals surface area contributed by atoms with Crippen molar-refractivity contribution in [3.05, 3.63) is 0 Å². The van der Waals surface area contributed by atoms with E-state index >= 15 is 0 Å². The Balaban J connectivity index is 0.000000292. The molecule has 1 saturated heterocycles. The van der Waals surface area contributed by atoms with E-state index in [1.807, 2.05) is 11.9 Å². The van der Waals surface area contributed by atoms with Crippen LogP contribution in [0.4, 0.5) is 0 Å². The average Bonchev–Trinajstić information content (AvgIpc) is 2.52. The van der Waals surface area contributed by atoms with Crippen molar-refractivity contribution in [2.45, 2.75) is 18.9 Å². The monoisotopic (exact) mass is 204 g/mol. The fourth-order valence-corrected chi connectivity index (χ4v) is 1.22. The van der Waals surface area contributed by atoms with Crippen LogP contribution < -0.4 is 5.73 Å². The molecule has 1 rings (SSSR count). The molecule has 14 heavy (non-hydrogen) atoms. The third kappa shape index (κ3) is 4.78. The van der Waals surface area contributed by atoms with Gasteiger partial charge in [-0.25, -0.2) is 0 Å². The molecule has 1 aliphatic rings. The highest BCUT2D eigenvalue weighted by Gasteiger charge is 2.26. The number of carboxylic acids is 2. The number of rotatable bonds is 2. The minimum Gasteiger partial charge on any atom is -0.480 e. The molecule has 0 aromatic carbocycles. The first-order valence-electron chi connectivity index (χ1n) is 4.34. The van der Waals surface area contributed by atoms with Gasteiger partial charge in [-0.3, -0.25) is 14.5 Å².